The van der Waals surface area contributed by atoms with Gasteiger partial charge in [-0.25, -0.2) is 4.98 Å². The third-order valence-electron chi connectivity index (χ3n) is 6.83. The molecule has 0 saturated carbocycles. The lowest BCUT2D eigenvalue weighted by Crippen LogP contribution is -2.42. The molecule has 1 aromatic heterocycles. The second-order valence-electron chi connectivity index (χ2n) is 9.22. The molecular weight excluding hydrogens is 412 g/mol. The fourth-order valence-electron chi connectivity index (χ4n) is 4.61. The standard InChI is InChI=1S/C27H34N4O2/c1-4-18(2)31(16-25-29-24-12-8-7-11-23(24)27(33)30-25)17-26(32)28-19(3)21-14-13-20-9-5-6-10-22(20)15-21/h7-8,11-15,18-19H,4-6,9-10,16-17H2,1-3H3,(H,28,32)(H,29,30,33). The molecule has 2 atom stereocenters. The number of aromatic amines is 1. The summed E-state index contributed by atoms with van der Waals surface area (Å²) in [7, 11) is 0. The number of hydrogen-bond donors (Lipinski definition) is 2. The molecule has 174 valence electrons. The zero-order valence-corrected chi connectivity index (χ0v) is 19.9. The van der Waals surface area contributed by atoms with Crippen LogP contribution in [0.25, 0.3) is 10.9 Å². The Labute approximate surface area is 195 Å². The average Bonchev–Trinajstić information content (AvgIpc) is 2.82. The molecule has 6 heteroatoms. The Hall–Kier alpha value is -2.99. The Balaban J connectivity index is 1.45. The van der Waals surface area contributed by atoms with Gasteiger partial charge in [-0.2, -0.15) is 0 Å². The highest BCUT2D eigenvalue weighted by atomic mass is 16.2. The first kappa shape index (κ1) is 23.2. The molecule has 1 aliphatic rings. The number of H-pyrrole nitrogens is 1. The third kappa shape index (κ3) is 5.50. The van der Waals surface area contributed by atoms with Crippen molar-refractivity contribution in [3.05, 3.63) is 75.3 Å². The molecule has 0 fully saturated rings. The lowest BCUT2D eigenvalue weighted by molar-refractivity contribution is -0.123. The maximum Gasteiger partial charge on any atom is 0.258 e. The van der Waals surface area contributed by atoms with Gasteiger partial charge in [-0.15, -0.1) is 0 Å². The number of aromatic nitrogens is 2. The Kier molecular flexibility index (Phi) is 7.23. The molecule has 3 aromatic rings. The molecule has 2 N–H and O–H groups in total. The van der Waals surface area contributed by atoms with Gasteiger partial charge in [-0.1, -0.05) is 37.3 Å². The van der Waals surface area contributed by atoms with Gasteiger partial charge in [0.1, 0.15) is 5.82 Å². The van der Waals surface area contributed by atoms with Gasteiger partial charge in [0.15, 0.2) is 0 Å². The number of aryl methyl sites for hydroxylation is 2. The Bertz CT molecular complexity index is 1190. The van der Waals surface area contributed by atoms with Gasteiger partial charge < -0.3 is 10.3 Å². The minimum Gasteiger partial charge on any atom is -0.348 e. The van der Waals surface area contributed by atoms with Gasteiger partial charge in [-0.05, 0) is 74.8 Å². The first-order valence-electron chi connectivity index (χ1n) is 12.1. The van der Waals surface area contributed by atoms with Crippen molar-refractivity contribution in [1.29, 1.82) is 0 Å². The number of fused-ring (bicyclic) bond motifs is 2. The molecular formula is C27H34N4O2. The average molecular weight is 447 g/mol. The fourth-order valence-corrected chi connectivity index (χ4v) is 4.61. The minimum atomic E-state index is -0.148. The zero-order valence-electron chi connectivity index (χ0n) is 19.9. The molecule has 0 bridgehead atoms. The van der Waals surface area contributed by atoms with E-state index in [0.717, 1.165) is 24.8 Å². The van der Waals surface area contributed by atoms with E-state index in [0.29, 0.717) is 23.3 Å². The molecule has 33 heavy (non-hydrogen) atoms. The molecule has 0 spiro atoms. The van der Waals surface area contributed by atoms with Gasteiger partial charge in [0, 0.05) is 6.04 Å². The van der Waals surface area contributed by atoms with Crippen molar-refractivity contribution in [2.45, 2.75) is 71.5 Å². The molecule has 0 aliphatic heterocycles. The molecule has 0 radical (unpaired) electrons. The van der Waals surface area contributed by atoms with E-state index in [1.165, 1.54) is 24.0 Å². The van der Waals surface area contributed by atoms with Crippen molar-refractivity contribution in [2.24, 2.45) is 0 Å². The Morgan fingerprint density at radius 2 is 1.88 bits per heavy atom. The van der Waals surface area contributed by atoms with Gasteiger partial charge in [0.05, 0.1) is 30.0 Å². The lowest BCUT2D eigenvalue weighted by atomic mass is 9.89. The minimum absolute atomic E-state index is 0.0244. The summed E-state index contributed by atoms with van der Waals surface area (Å²) < 4.78 is 0. The van der Waals surface area contributed by atoms with Crippen molar-refractivity contribution >= 4 is 16.8 Å². The van der Waals surface area contributed by atoms with E-state index < -0.39 is 0 Å². The Morgan fingerprint density at radius 3 is 2.67 bits per heavy atom. The number of carbonyl (C=O) groups excluding carboxylic acids is 1. The van der Waals surface area contributed by atoms with Crippen LogP contribution in [0.15, 0.2) is 47.3 Å². The second-order valence-corrected chi connectivity index (χ2v) is 9.22. The number of nitrogens with one attached hydrogen (secondary N) is 2. The highest BCUT2D eigenvalue weighted by Crippen LogP contribution is 2.24. The fraction of sp³-hybridized carbons (Fsp3) is 0.444. The maximum atomic E-state index is 13.0. The lowest BCUT2D eigenvalue weighted by Gasteiger charge is -2.28. The monoisotopic (exact) mass is 446 g/mol. The van der Waals surface area contributed by atoms with Gasteiger partial charge in [0.25, 0.3) is 5.56 Å². The predicted octanol–water partition coefficient (Wildman–Crippen LogP) is 4.28. The van der Waals surface area contributed by atoms with Crippen molar-refractivity contribution in [3.63, 3.8) is 0 Å². The first-order chi connectivity index (χ1) is 15.9. The van der Waals surface area contributed by atoms with E-state index in [-0.39, 0.29) is 30.1 Å². The van der Waals surface area contributed by atoms with E-state index >= 15 is 0 Å². The van der Waals surface area contributed by atoms with Crippen LogP contribution in [0, 0.1) is 0 Å². The number of benzene rings is 2. The Morgan fingerprint density at radius 1 is 1.12 bits per heavy atom. The number of carbonyl (C=O) groups is 1. The topological polar surface area (TPSA) is 78.1 Å². The van der Waals surface area contributed by atoms with Gasteiger partial charge >= 0.3 is 0 Å². The zero-order chi connectivity index (χ0) is 23.4. The van der Waals surface area contributed by atoms with Gasteiger partial charge in [-0.3, -0.25) is 14.5 Å². The molecule has 0 saturated heterocycles. The van der Waals surface area contributed by atoms with E-state index in [9.17, 15) is 9.59 Å². The molecule has 1 amide bonds. The van der Waals surface area contributed by atoms with Crippen molar-refractivity contribution in [2.75, 3.05) is 6.54 Å². The SMILES string of the molecule is CCC(C)N(CC(=O)NC(C)c1ccc2c(c1)CCCC2)Cc1nc2ccccc2c(=O)[nH]1. The highest BCUT2D eigenvalue weighted by molar-refractivity contribution is 5.79. The van der Waals surface area contributed by atoms with Crippen molar-refractivity contribution in [1.82, 2.24) is 20.2 Å². The molecule has 1 aliphatic carbocycles. The van der Waals surface area contributed by atoms with Crippen LogP contribution in [0.1, 0.15) is 68.6 Å². The maximum absolute atomic E-state index is 13.0. The largest absolute Gasteiger partial charge is 0.348 e. The predicted molar refractivity (Wildman–Crippen MR) is 132 cm³/mol. The summed E-state index contributed by atoms with van der Waals surface area (Å²) in [4.78, 5) is 35.0. The molecule has 6 nitrogen and oxygen atoms in total. The number of nitrogens with zero attached hydrogens (tertiary/aromatic N) is 2. The number of para-hydroxylation sites is 1. The number of rotatable bonds is 8. The van der Waals surface area contributed by atoms with Crippen LogP contribution in [-0.4, -0.2) is 33.4 Å². The normalized spacial score (nSPS) is 15.3. The number of hydrogen-bond acceptors (Lipinski definition) is 4. The van der Waals surface area contributed by atoms with Crippen LogP contribution in [-0.2, 0) is 24.2 Å². The van der Waals surface area contributed by atoms with Crippen LogP contribution in [0.3, 0.4) is 0 Å². The van der Waals surface area contributed by atoms with E-state index in [1.807, 2.05) is 25.1 Å². The summed E-state index contributed by atoms with van der Waals surface area (Å²) in [5.74, 6) is 0.554. The summed E-state index contributed by atoms with van der Waals surface area (Å²) in [5.41, 5.74) is 4.55. The molecule has 2 aromatic carbocycles. The van der Waals surface area contributed by atoms with Crippen LogP contribution in [0.2, 0.25) is 0 Å². The summed E-state index contributed by atoms with van der Waals surface area (Å²) in [5, 5.41) is 3.74. The third-order valence-corrected chi connectivity index (χ3v) is 6.83. The smallest absolute Gasteiger partial charge is 0.258 e. The van der Waals surface area contributed by atoms with Gasteiger partial charge in [0.2, 0.25) is 5.91 Å². The molecule has 2 unspecified atom stereocenters. The highest BCUT2D eigenvalue weighted by Gasteiger charge is 2.20. The van der Waals surface area contributed by atoms with Crippen molar-refractivity contribution in [3.8, 4) is 0 Å². The summed E-state index contributed by atoms with van der Waals surface area (Å²) >= 11 is 0. The summed E-state index contributed by atoms with van der Waals surface area (Å²) in [6, 6.07) is 14.1. The summed E-state index contributed by atoms with van der Waals surface area (Å²) in [6.45, 7) is 6.90. The van der Waals surface area contributed by atoms with Crippen LogP contribution in [0.5, 0.6) is 0 Å². The van der Waals surface area contributed by atoms with E-state index in [4.69, 9.17) is 0 Å². The quantitative estimate of drug-likeness (QED) is 0.541. The number of amides is 1. The van der Waals surface area contributed by atoms with E-state index in [1.54, 1.807) is 6.07 Å². The van der Waals surface area contributed by atoms with Crippen LogP contribution < -0.4 is 10.9 Å². The molecule has 1 heterocycles. The van der Waals surface area contributed by atoms with Crippen LogP contribution >= 0.6 is 0 Å². The first-order valence-corrected chi connectivity index (χ1v) is 12.1. The van der Waals surface area contributed by atoms with Crippen LogP contribution in [0.4, 0.5) is 0 Å². The van der Waals surface area contributed by atoms with E-state index in [2.05, 4.69) is 52.2 Å². The second kappa shape index (κ2) is 10.3. The van der Waals surface area contributed by atoms with Crippen molar-refractivity contribution < 1.29 is 4.79 Å². The molecule has 4 rings (SSSR count). The summed E-state index contributed by atoms with van der Waals surface area (Å²) in [6.07, 6.45) is 5.69.